The number of hydrogen-bond acceptors (Lipinski definition) is 6. The molecule has 0 aromatic carbocycles. The van der Waals surface area contributed by atoms with Crippen LogP contribution in [0.15, 0.2) is 0 Å². The van der Waals surface area contributed by atoms with E-state index in [0.29, 0.717) is 50.9 Å². The van der Waals surface area contributed by atoms with Gasteiger partial charge in [-0.25, -0.2) is 9.59 Å². The van der Waals surface area contributed by atoms with Crippen molar-refractivity contribution in [2.75, 3.05) is 56.1 Å². The molecule has 114 valence electrons. The standard InChI is InChI=1S/C11H16N6O3S/c1-14-2-7-17(10(14)18)9-8(12-21-13-9)15-3-5-16(6-4-15)11(19)20/h2-7H2,1H3,(H,19,20). The maximum atomic E-state index is 12.1. The van der Waals surface area contributed by atoms with E-state index in [1.165, 1.54) is 4.90 Å². The van der Waals surface area contributed by atoms with Crippen LogP contribution in [0.3, 0.4) is 0 Å². The van der Waals surface area contributed by atoms with Crippen LogP contribution in [-0.2, 0) is 0 Å². The molecule has 2 aliphatic heterocycles. The van der Waals surface area contributed by atoms with Crippen molar-refractivity contribution in [1.82, 2.24) is 18.5 Å². The van der Waals surface area contributed by atoms with Crippen LogP contribution in [-0.4, -0.2) is 82.1 Å². The summed E-state index contributed by atoms with van der Waals surface area (Å²) in [6, 6.07) is -0.0758. The minimum absolute atomic E-state index is 0.0758. The average molecular weight is 312 g/mol. The minimum atomic E-state index is -0.900. The van der Waals surface area contributed by atoms with Gasteiger partial charge in [0, 0.05) is 46.3 Å². The summed E-state index contributed by atoms with van der Waals surface area (Å²) >= 11 is 1.07. The highest BCUT2D eigenvalue weighted by molar-refractivity contribution is 6.99. The molecule has 0 unspecified atom stereocenters. The van der Waals surface area contributed by atoms with Crippen molar-refractivity contribution in [3.8, 4) is 0 Å². The molecule has 9 nitrogen and oxygen atoms in total. The fourth-order valence-electron chi connectivity index (χ4n) is 2.50. The largest absolute Gasteiger partial charge is 0.465 e. The van der Waals surface area contributed by atoms with Crippen LogP contribution in [0.4, 0.5) is 21.2 Å². The smallest absolute Gasteiger partial charge is 0.407 e. The second-order valence-corrected chi connectivity index (χ2v) is 5.55. The molecule has 21 heavy (non-hydrogen) atoms. The lowest BCUT2D eigenvalue weighted by Gasteiger charge is -2.33. The van der Waals surface area contributed by atoms with Crippen LogP contribution in [0.25, 0.3) is 0 Å². The molecule has 2 saturated heterocycles. The number of aromatic nitrogens is 2. The van der Waals surface area contributed by atoms with E-state index >= 15 is 0 Å². The highest BCUT2D eigenvalue weighted by atomic mass is 32.1. The van der Waals surface area contributed by atoms with E-state index in [0.717, 1.165) is 11.7 Å². The number of anilines is 2. The zero-order chi connectivity index (χ0) is 15.0. The lowest BCUT2D eigenvalue weighted by Crippen LogP contribution is -2.48. The summed E-state index contributed by atoms with van der Waals surface area (Å²) in [6.07, 6.45) is -0.900. The minimum Gasteiger partial charge on any atom is -0.465 e. The fourth-order valence-corrected chi connectivity index (χ4v) is 3.07. The zero-order valence-electron chi connectivity index (χ0n) is 11.6. The highest BCUT2D eigenvalue weighted by Gasteiger charge is 2.33. The Morgan fingerprint density at radius 2 is 1.76 bits per heavy atom. The van der Waals surface area contributed by atoms with Gasteiger partial charge < -0.3 is 19.8 Å². The van der Waals surface area contributed by atoms with Crippen LogP contribution in [0.1, 0.15) is 0 Å². The third-order valence-electron chi connectivity index (χ3n) is 3.78. The number of piperazine rings is 1. The number of carbonyl (C=O) groups excluding carboxylic acids is 1. The van der Waals surface area contributed by atoms with E-state index in [4.69, 9.17) is 5.11 Å². The van der Waals surface area contributed by atoms with Crippen LogP contribution < -0.4 is 9.80 Å². The van der Waals surface area contributed by atoms with Crippen molar-refractivity contribution in [3.63, 3.8) is 0 Å². The van der Waals surface area contributed by atoms with Crippen LogP contribution in [0, 0.1) is 0 Å². The fraction of sp³-hybridized carbons (Fsp3) is 0.636. The number of hydrogen-bond donors (Lipinski definition) is 1. The summed E-state index contributed by atoms with van der Waals surface area (Å²) in [7, 11) is 1.76. The molecule has 0 saturated carbocycles. The Labute approximate surface area is 125 Å². The first-order valence-corrected chi connectivity index (χ1v) is 7.39. The molecular formula is C11H16N6O3S. The zero-order valence-corrected chi connectivity index (χ0v) is 12.4. The Hall–Kier alpha value is -2.10. The van der Waals surface area contributed by atoms with E-state index < -0.39 is 6.09 Å². The summed E-state index contributed by atoms with van der Waals surface area (Å²) in [5.41, 5.74) is 0. The van der Waals surface area contributed by atoms with Crippen molar-refractivity contribution in [2.45, 2.75) is 0 Å². The first kappa shape index (κ1) is 13.9. The second kappa shape index (κ2) is 5.35. The first-order chi connectivity index (χ1) is 10.1. The molecule has 0 spiro atoms. The van der Waals surface area contributed by atoms with Crippen molar-refractivity contribution < 1.29 is 14.7 Å². The van der Waals surface area contributed by atoms with Gasteiger partial charge >= 0.3 is 12.1 Å². The summed E-state index contributed by atoms with van der Waals surface area (Å²) in [5, 5.41) is 8.97. The van der Waals surface area contributed by atoms with Crippen molar-refractivity contribution in [3.05, 3.63) is 0 Å². The van der Waals surface area contributed by atoms with E-state index in [1.54, 1.807) is 16.8 Å². The predicted octanol–water partition coefficient (Wildman–Crippen LogP) is 0.210. The maximum absolute atomic E-state index is 12.1. The normalized spacial score (nSPS) is 19.6. The number of carboxylic acid groups (broad SMARTS) is 1. The van der Waals surface area contributed by atoms with E-state index in [1.807, 2.05) is 4.90 Å². The van der Waals surface area contributed by atoms with Gasteiger partial charge in [0.2, 0.25) is 0 Å². The van der Waals surface area contributed by atoms with Gasteiger partial charge in [0.05, 0.1) is 11.7 Å². The van der Waals surface area contributed by atoms with E-state index in [-0.39, 0.29) is 6.03 Å². The topological polar surface area (TPSA) is 93.1 Å². The average Bonchev–Trinajstić information content (AvgIpc) is 3.07. The van der Waals surface area contributed by atoms with Crippen molar-refractivity contribution >= 4 is 35.5 Å². The van der Waals surface area contributed by atoms with Gasteiger partial charge in [-0.05, 0) is 0 Å². The molecule has 1 aromatic heterocycles. The van der Waals surface area contributed by atoms with Crippen LogP contribution >= 0.6 is 11.7 Å². The van der Waals surface area contributed by atoms with Crippen molar-refractivity contribution in [2.24, 2.45) is 0 Å². The number of nitrogens with zero attached hydrogens (tertiary/aromatic N) is 6. The summed E-state index contributed by atoms with van der Waals surface area (Å²) in [5.74, 6) is 1.26. The first-order valence-electron chi connectivity index (χ1n) is 6.66. The van der Waals surface area contributed by atoms with Gasteiger partial charge in [-0.15, -0.1) is 0 Å². The molecule has 3 heterocycles. The van der Waals surface area contributed by atoms with Gasteiger partial charge in [0.1, 0.15) is 0 Å². The quantitative estimate of drug-likeness (QED) is 0.839. The monoisotopic (exact) mass is 312 g/mol. The molecule has 1 aromatic rings. The molecule has 0 atom stereocenters. The molecule has 1 N–H and O–H groups in total. The lowest BCUT2D eigenvalue weighted by atomic mass is 10.3. The van der Waals surface area contributed by atoms with Crippen LogP contribution in [0.5, 0.6) is 0 Å². The van der Waals surface area contributed by atoms with E-state index in [9.17, 15) is 9.59 Å². The highest BCUT2D eigenvalue weighted by Crippen LogP contribution is 2.30. The number of amides is 3. The van der Waals surface area contributed by atoms with Gasteiger partial charge in [-0.2, -0.15) is 8.75 Å². The molecular weight excluding hydrogens is 296 g/mol. The third kappa shape index (κ3) is 2.46. The SMILES string of the molecule is CN1CCN(c2nsnc2N2CCN(C(=O)O)CC2)C1=O. The Balaban J connectivity index is 1.75. The Bertz CT molecular complexity index is 556. The number of rotatable bonds is 2. The van der Waals surface area contributed by atoms with Gasteiger partial charge in [-0.1, -0.05) is 0 Å². The van der Waals surface area contributed by atoms with Gasteiger partial charge in [0.15, 0.2) is 11.6 Å². The predicted molar refractivity (Wildman–Crippen MR) is 77.1 cm³/mol. The lowest BCUT2D eigenvalue weighted by molar-refractivity contribution is 0.142. The number of likely N-dealkylation sites (N-methyl/N-ethyl adjacent to an activating group) is 1. The van der Waals surface area contributed by atoms with Crippen molar-refractivity contribution in [1.29, 1.82) is 0 Å². The van der Waals surface area contributed by atoms with Gasteiger partial charge in [-0.3, -0.25) is 4.90 Å². The molecule has 2 fully saturated rings. The van der Waals surface area contributed by atoms with Crippen LogP contribution in [0.2, 0.25) is 0 Å². The maximum Gasteiger partial charge on any atom is 0.407 e. The Kier molecular flexibility index (Phi) is 3.53. The molecule has 0 aliphatic carbocycles. The molecule has 3 rings (SSSR count). The number of carbonyl (C=O) groups is 2. The Morgan fingerprint density at radius 1 is 1.10 bits per heavy atom. The van der Waals surface area contributed by atoms with E-state index in [2.05, 4.69) is 8.75 Å². The molecule has 0 radical (unpaired) electrons. The second-order valence-electron chi connectivity index (χ2n) is 5.02. The summed E-state index contributed by atoms with van der Waals surface area (Å²) in [4.78, 5) is 29.6. The van der Waals surface area contributed by atoms with Gasteiger partial charge in [0.25, 0.3) is 0 Å². The summed E-state index contributed by atoms with van der Waals surface area (Å²) < 4.78 is 8.54. The molecule has 2 aliphatic rings. The molecule has 10 heteroatoms. The third-order valence-corrected chi connectivity index (χ3v) is 4.29. The Morgan fingerprint density at radius 3 is 2.33 bits per heavy atom. The summed E-state index contributed by atoms with van der Waals surface area (Å²) in [6.45, 7) is 3.25. The molecule has 0 bridgehead atoms. The molecule has 3 amide bonds. The number of urea groups is 1.